The molecule has 1 fully saturated rings. The first-order valence-corrected chi connectivity index (χ1v) is 9.71. The van der Waals surface area contributed by atoms with Crippen molar-refractivity contribution in [3.05, 3.63) is 41.6 Å². The Morgan fingerprint density at radius 1 is 1.20 bits per heavy atom. The molecule has 6 nitrogen and oxygen atoms in total. The van der Waals surface area contributed by atoms with Crippen molar-refractivity contribution in [3.8, 4) is 17.0 Å². The number of aryl methyl sites for hydroxylation is 1. The summed E-state index contributed by atoms with van der Waals surface area (Å²) in [6.07, 6.45) is -0.750. The molecular weight excluding hydrogens is 395 g/mol. The molecule has 3 aromatic rings. The average molecular weight is 417 g/mol. The van der Waals surface area contributed by atoms with Gasteiger partial charge in [0.05, 0.1) is 11.3 Å². The van der Waals surface area contributed by atoms with Crippen LogP contribution in [-0.4, -0.2) is 51.1 Å². The summed E-state index contributed by atoms with van der Waals surface area (Å²) in [5.74, 6) is -0.00682. The number of piperidine rings is 1. The van der Waals surface area contributed by atoms with Gasteiger partial charge in [0.15, 0.2) is 5.65 Å². The molecule has 1 atom stereocenters. The van der Waals surface area contributed by atoms with Gasteiger partial charge in [-0.15, -0.1) is 0 Å². The van der Waals surface area contributed by atoms with Gasteiger partial charge in [0.25, 0.3) is 0 Å². The number of aromatic nitrogens is 3. The number of alkyl halides is 3. The van der Waals surface area contributed by atoms with Crippen molar-refractivity contribution in [2.75, 3.05) is 25.5 Å². The van der Waals surface area contributed by atoms with Crippen molar-refractivity contribution in [3.63, 3.8) is 0 Å². The van der Waals surface area contributed by atoms with Crippen LogP contribution in [0.15, 0.2) is 30.5 Å². The number of halogens is 3. The van der Waals surface area contributed by atoms with Crippen molar-refractivity contribution >= 4 is 17.0 Å². The molecule has 1 aliphatic heterocycles. The van der Waals surface area contributed by atoms with Crippen LogP contribution in [0.4, 0.5) is 19.1 Å². The summed E-state index contributed by atoms with van der Waals surface area (Å²) in [4.78, 5) is 15.6. The van der Waals surface area contributed by atoms with Gasteiger partial charge in [0.2, 0.25) is 5.95 Å². The smallest absolute Gasteiger partial charge is 0.416 e. The van der Waals surface area contributed by atoms with Crippen LogP contribution < -0.4 is 5.32 Å². The first kappa shape index (κ1) is 20.3. The highest BCUT2D eigenvalue weighted by Gasteiger charge is 2.32. The van der Waals surface area contributed by atoms with Crippen LogP contribution in [0.3, 0.4) is 0 Å². The van der Waals surface area contributed by atoms with E-state index in [-0.39, 0.29) is 17.2 Å². The minimum absolute atomic E-state index is 0.241. The number of phenolic OH excluding ortho intramolecular Hbond substituents is 1. The van der Waals surface area contributed by atoms with Gasteiger partial charge in [-0.25, -0.2) is 9.97 Å². The fraction of sp³-hybridized carbons (Fsp3) is 0.381. The van der Waals surface area contributed by atoms with E-state index >= 15 is 0 Å². The first-order valence-electron chi connectivity index (χ1n) is 9.71. The molecule has 1 saturated heterocycles. The zero-order chi connectivity index (χ0) is 21.5. The number of benzene rings is 1. The van der Waals surface area contributed by atoms with Crippen molar-refractivity contribution in [1.29, 1.82) is 0 Å². The van der Waals surface area contributed by atoms with E-state index in [1.54, 1.807) is 18.3 Å². The molecule has 0 saturated carbocycles. The van der Waals surface area contributed by atoms with Gasteiger partial charge in [-0.3, -0.25) is 0 Å². The van der Waals surface area contributed by atoms with Crippen LogP contribution in [-0.2, 0) is 6.18 Å². The summed E-state index contributed by atoms with van der Waals surface area (Å²) in [6.45, 7) is 3.48. The molecule has 4 rings (SSSR count). The summed E-state index contributed by atoms with van der Waals surface area (Å²) in [6, 6.07) is 5.36. The highest BCUT2D eigenvalue weighted by atomic mass is 19.4. The molecule has 9 heteroatoms. The molecule has 2 aromatic heterocycles. The fourth-order valence-corrected chi connectivity index (χ4v) is 3.85. The van der Waals surface area contributed by atoms with Crippen molar-refractivity contribution < 1.29 is 18.3 Å². The Bertz CT molecular complexity index is 1060. The van der Waals surface area contributed by atoms with Gasteiger partial charge >= 0.3 is 6.18 Å². The second-order valence-electron chi connectivity index (χ2n) is 7.73. The normalized spacial score (nSPS) is 18.0. The first-order chi connectivity index (χ1) is 14.2. The van der Waals surface area contributed by atoms with Crippen LogP contribution in [0.25, 0.3) is 22.3 Å². The number of rotatable bonds is 3. The SMILES string of the molecule is Cc1cc(C(F)(F)F)cc(O)c1-c1ccc2cnc(N[C@@H]3CCCN(C)C3)nc2n1. The third-order valence-corrected chi connectivity index (χ3v) is 5.30. The van der Waals surface area contributed by atoms with E-state index in [9.17, 15) is 18.3 Å². The molecule has 0 unspecified atom stereocenters. The van der Waals surface area contributed by atoms with E-state index in [1.165, 1.54) is 6.92 Å². The molecule has 0 amide bonds. The lowest BCUT2D eigenvalue weighted by Gasteiger charge is -2.30. The van der Waals surface area contributed by atoms with E-state index in [0.717, 1.165) is 38.1 Å². The van der Waals surface area contributed by atoms with Crippen LogP contribution in [0.5, 0.6) is 5.75 Å². The Labute approximate surface area is 171 Å². The van der Waals surface area contributed by atoms with Crippen molar-refractivity contribution in [2.45, 2.75) is 32.0 Å². The van der Waals surface area contributed by atoms with Gasteiger partial charge in [0, 0.05) is 29.7 Å². The van der Waals surface area contributed by atoms with Gasteiger partial charge in [-0.1, -0.05) is 0 Å². The maximum absolute atomic E-state index is 13.0. The Hall–Kier alpha value is -2.94. The summed E-state index contributed by atoms with van der Waals surface area (Å²) >= 11 is 0. The molecule has 0 spiro atoms. The molecule has 0 bridgehead atoms. The summed E-state index contributed by atoms with van der Waals surface area (Å²) < 4.78 is 39.0. The van der Waals surface area contributed by atoms with Gasteiger partial charge < -0.3 is 15.3 Å². The van der Waals surface area contributed by atoms with Gasteiger partial charge in [0.1, 0.15) is 5.75 Å². The number of fused-ring (bicyclic) bond motifs is 1. The molecule has 1 aromatic carbocycles. The molecule has 30 heavy (non-hydrogen) atoms. The molecule has 0 radical (unpaired) electrons. The minimum atomic E-state index is -4.53. The highest BCUT2D eigenvalue weighted by Crippen LogP contribution is 2.38. The van der Waals surface area contributed by atoms with Crippen LogP contribution in [0.2, 0.25) is 0 Å². The van der Waals surface area contributed by atoms with E-state index in [4.69, 9.17) is 0 Å². The number of pyridine rings is 1. The Balaban J connectivity index is 1.67. The summed E-state index contributed by atoms with van der Waals surface area (Å²) in [7, 11) is 2.07. The predicted molar refractivity (Wildman–Crippen MR) is 108 cm³/mol. The number of likely N-dealkylation sites (N-methyl/N-ethyl adjacent to an activating group) is 1. The number of hydrogen-bond acceptors (Lipinski definition) is 6. The molecule has 1 aliphatic rings. The maximum Gasteiger partial charge on any atom is 0.416 e. The maximum atomic E-state index is 13.0. The van der Waals surface area contributed by atoms with Crippen LogP contribution >= 0.6 is 0 Å². The average Bonchev–Trinajstić information content (AvgIpc) is 2.66. The van der Waals surface area contributed by atoms with E-state index in [1.807, 2.05) is 0 Å². The fourth-order valence-electron chi connectivity index (χ4n) is 3.85. The monoisotopic (exact) mass is 417 g/mol. The number of nitrogens with zero attached hydrogens (tertiary/aromatic N) is 4. The largest absolute Gasteiger partial charge is 0.507 e. The zero-order valence-corrected chi connectivity index (χ0v) is 16.7. The number of nitrogens with one attached hydrogen (secondary N) is 1. The molecular formula is C21H22F3N5O. The second-order valence-corrected chi connectivity index (χ2v) is 7.73. The third-order valence-electron chi connectivity index (χ3n) is 5.30. The number of anilines is 1. The number of aromatic hydroxyl groups is 1. The summed E-state index contributed by atoms with van der Waals surface area (Å²) in [5.41, 5.74) is 0.410. The number of phenols is 1. The van der Waals surface area contributed by atoms with Crippen LogP contribution in [0.1, 0.15) is 24.0 Å². The molecule has 158 valence electrons. The van der Waals surface area contributed by atoms with Gasteiger partial charge in [-0.05, 0) is 63.2 Å². The number of likely N-dealkylation sites (tertiary alicyclic amines) is 1. The van der Waals surface area contributed by atoms with E-state index in [0.29, 0.717) is 22.7 Å². The second kappa shape index (κ2) is 7.71. The van der Waals surface area contributed by atoms with Crippen molar-refractivity contribution in [2.24, 2.45) is 0 Å². The Kier molecular flexibility index (Phi) is 5.23. The third kappa shape index (κ3) is 4.16. The highest BCUT2D eigenvalue weighted by molar-refractivity contribution is 5.81. The predicted octanol–water partition coefficient (Wildman–Crippen LogP) is 4.23. The zero-order valence-electron chi connectivity index (χ0n) is 16.7. The van der Waals surface area contributed by atoms with E-state index in [2.05, 4.69) is 32.2 Å². The summed E-state index contributed by atoms with van der Waals surface area (Å²) in [5, 5.41) is 14.3. The lowest BCUT2D eigenvalue weighted by molar-refractivity contribution is -0.137. The lowest BCUT2D eigenvalue weighted by atomic mass is 10.00. The number of hydrogen-bond donors (Lipinski definition) is 2. The quantitative estimate of drug-likeness (QED) is 0.664. The van der Waals surface area contributed by atoms with Crippen molar-refractivity contribution in [1.82, 2.24) is 19.9 Å². The Morgan fingerprint density at radius 3 is 2.70 bits per heavy atom. The minimum Gasteiger partial charge on any atom is -0.507 e. The van der Waals surface area contributed by atoms with Crippen LogP contribution in [0, 0.1) is 6.92 Å². The molecule has 2 N–H and O–H groups in total. The van der Waals surface area contributed by atoms with Gasteiger partial charge in [-0.2, -0.15) is 18.2 Å². The lowest BCUT2D eigenvalue weighted by Crippen LogP contribution is -2.40. The topological polar surface area (TPSA) is 74.2 Å². The molecule has 3 heterocycles. The molecule has 0 aliphatic carbocycles. The van der Waals surface area contributed by atoms with E-state index < -0.39 is 17.5 Å². The Morgan fingerprint density at radius 2 is 2.00 bits per heavy atom. The standard InChI is InChI=1S/C21H22F3N5O/c1-12-8-14(21(22,23)24)9-17(30)18(12)16-6-5-13-10-25-20(28-19(13)27-16)26-15-4-3-7-29(2)11-15/h5-6,8-10,15,30H,3-4,7,11H2,1-2H3,(H,25,26,27,28)/t15-/m1/s1.